The van der Waals surface area contributed by atoms with Crippen molar-refractivity contribution in [3.8, 4) is 5.75 Å². The fourth-order valence-electron chi connectivity index (χ4n) is 1.11. The van der Waals surface area contributed by atoms with E-state index in [2.05, 4.69) is 20.7 Å². The van der Waals surface area contributed by atoms with Gasteiger partial charge in [0.15, 0.2) is 5.41 Å². The van der Waals surface area contributed by atoms with Crippen LogP contribution in [0.1, 0.15) is 6.92 Å². The lowest BCUT2D eigenvalue weighted by atomic mass is 9.90. The number of alkyl halides is 6. The third-order valence-corrected chi connectivity index (χ3v) is 3.07. The zero-order valence-corrected chi connectivity index (χ0v) is 11.2. The van der Waals surface area contributed by atoms with E-state index in [0.29, 0.717) is 4.47 Å². The van der Waals surface area contributed by atoms with E-state index in [4.69, 9.17) is 0 Å². The number of benzene rings is 1. The second-order valence-electron chi connectivity index (χ2n) is 4.07. The highest BCUT2D eigenvalue weighted by molar-refractivity contribution is 9.10. The van der Waals surface area contributed by atoms with E-state index in [1.54, 1.807) is 6.07 Å². The maximum Gasteiger partial charge on any atom is 0.406 e. The van der Waals surface area contributed by atoms with Crippen LogP contribution in [0.5, 0.6) is 5.75 Å². The van der Waals surface area contributed by atoms with Crippen LogP contribution in [0.15, 0.2) is 28.7 Å². The van der Waals surface area contributed by atoms with Crippen LogP contribution in [-0.4, -0.2) is 19.0 Å². The molecule has 0 spiro atoms. The maximum absolute atomic E-state index is 12.6. The van der Waals surface area contributed by atoms with Crippen LogP contribution in [0, 0.1) is 5.41 Å². The van der Waals surface area contributed by atoms with Crippen molar-refractivity contribution in [3.63, 3.8) is 0 Å². The van der Waals surface area contributed by atoms with Gasteiger partial charge in [0.2, 0.25) is 0 Å². The second-order valence-corrected chi connectivity index (χ2v) is 4.99. The predicted octanol–water partition coefficient (Wildman–Crippen LogP) is 4.96. The molecule has 8 heteroatoms. The van der Waals surface area contributed by atoms with Crippen LogP contribution >= 0.6 is 15.9 Å². The molecule has 1 rings (SSSR count). The molecule has 0 radical (unpaired) electrons. The minimum Gasteiger partial charge on any atom is -0.492 e. The van der Waals surface area contributed by atoms with Crippen molar-refractivity contribution in [3.05, 3.63) is 28.7 Å². The van der Waals surface area contributed by atoms with Crippen LogP contribution < -0.4 is 4.74 Å². The molecule has 0 aliphatic heterocycles. The monoisotopic (exact) mass is 350 g/mol. The quantitative estimate of drug-likeness (QED) is 0.700. The topological polar surface area (TPSA) is 9.23 Å². The number of halogens is 7. The first-order chi connectivity index (χ1) is 8.47. The highest BCUT2D eigenvalue weighted by atomic mass is 79.9. The molecular weight excluding hydrogens is 342 g/mol. The van der Waals surface area contributed by atoms with Crippen molar-refractivity contribution in [1.82, 2.24) is 0 Å². The molecular formula is C11H9BrF6O. The van der Waals surface area contributed by atoms with Gasteiger partial charge in [0, 0.05) is 4.47 Å². The van der Waals surface area contributed by atoms with Gasteiger partial charge in [-0.05, 0) is 25.1 Å². The van der Waals surface area contributed by atoms with Crippen LogP contribution in [0.3, 0.4) is 0 Å². The minimum absolute atomic E-state index is 0.0744. The van der Waals surface area contributed by atoms with E-state index >= 15 is 0 Å². The Morgan fingerprint density at radius 3 is 2.00 bits per heavy atom. The highest BCUT2D eigenvalue weighted by Gasteiger charge is 2.68. The van der Waals surface area contributed by atoms with Crippen molar-refractivity contribution in [2.24, 2.45) is 5.41 Å². The summed E-state index contributed by atoms with van der Waals surface area (Å²) in [6.07, 6.45) is -10.9. The average molecular weight is 351 g/mol. The van der Waals surface area contributed by atoms with Gasteiger partial charge in [-0.15, -0.1) is 0 Å². The Morgan fingerprint density at radius 2 is 1.58 bits per heavy atom. The lowest BCUT2D eigenvalue weighted by molar-refractivity contribution is -0.340. The molecule has 108 valence electrons. The summed E-state index contributed by atoms with van der Waals surface area (Å²) in [5.41, 5.74) is -3.91. The predicted molar refractivity (Wildman–Crippen MR) is 59.9 cm³/mol. The zero-order valence-electron chi connectivity index (χ0n) is 9.57. The van der Waals surface area contributed by atoms with E-state index in [0.717, 1.165) is 0 Å². The Balaban J connectivity index is 2.93. The molecule has 0 N–H and O–H groups in total. The first-order valence-corrected chi connectivity index (χ1v) is 5.78. The molecule has 0 amide bonds. The molecule has 19 heavy (non-hydrogen) atoms. The van der Waals surface area contributed by atoms with Gasteiger partial charge in [-0.3, -0.25) is 0 Å². The van der Waals surface area contributed by atoms with Gasteiger partial charge in [0.1, 0.15) is 12.4 Å². The van der Waals surface area contributed by atoms with Gasteiger partial charge in [-0.25, -0.2) is 0 Å². The van der Waals surface area contributed by atoms with E-state index in [1.165, 1.54) is 18.2 Å². The summed E-state index contributed by atoms with van der Waals surface area (Å²) in [6.45, 7) is -1.46. The van der Waals surface area contributed by atoms with Gasteiger partial charge >= 0.3 is 12.4 Å². The van der Waals surface area contributed by atoms with Gasteiger partial charge < -0.3 is 4.74 Å². The molecule has 0 atom stereocenters. The molecule has 1 aromatic carbocycles. The fourth-order valence-corrected chi connectivity index (χ4v) is 1.49. The molecule has 0 saturated heterocycles. The number of ether oxygens (including phenoxy) is 1. The van der Waals surface area contributed by atoms with Crippen molar-refractivity contribution < 1.29 is 31.1 Å². The molecule has 1 aromatic rings. The second kappa shape index (κ2) is 5.22. The Bertz CT molecular complexity index is 426. The molecule has 0 aliphatic carbocycles. The van der Waals surface area contributed by atoms with E-state index < -0.39 is 24.4 Å². The van der Waals surface area contributed by atoms with Crippen molar-refractivity contribution in [2.45, 2.75) is 19.3 Å². The molecule has 0 heterocycles. The fraction of sp³-hybridized carbons (Fsp3) is 0.455. The smallest absolute Gasteiger partial charge is 0.406 e. The summed E-state index contributed by atoms with van der Waals surface area (Å²) in [7, 11) is 0. The summed E-state index contributed by atoms with van der Waals surface area (Å²) in [5, 5.41) is 0. The highest BCUT2D eigenvalue weighted by Crippen LogP contribution is 2.50. The average Bonchev–Trinajstić information content (AvgIpc) is 2.22. The number of hydrogen-bond acceptors (Lipinski definition) is 1. The normalized spacial score (nSPS) is 13.5. The number of hydrogen-bond donors (Lipinski definition) is 0. The van der Waals surface area contributed by atoms with E-state index in [1.807, 2.05) is 0 Å². The summed E-state index contributed by atoms with van der Waals surface area (Å²) in [5.74, 6) is -0.0749. The van der Waals surface area contributed by atoms with Crippen LogP contribution in [0.2, 0.25) is 0 Å². The van der Waals surface area contributed by atoms with Crippen LogP contribution in [0.25, 0.3) is 0 Å². The van der Waals surface area contributed by atoms with Crippen LogP contribution in [-0.2, 0) is 0 Å². The van der Waals surface area contributed by atoms with Gasteiger partial charge in [0.25, 0.3) is 0 Å². The Kier molecular flexibility index (Phi) is 4.44. The zero-order chi connectivity index (χ0) is 14.9. The lowest BCUT2D eigenvalue weighted by Crippen LogP contribution is -2.51. The van der Waals surface area contributed by atoms with Gasteiger partial charge in [0.05, 0.1) is 0 Å². The summed E-state index contributed by atoms with van der Waals surface area (Å²) < 4.78 is 80.6. The molecule has 0 bridgehead atoms. The first-order valence-electron chi connectivity index (χ1n) is 4.99. The van der Waals surface area contributed by atoms with E-state index in [9.17, 15) is 26.3 Å². The van der Waals surface area contributed by atoms with Crippen molar-refractivity contribution in [2.75, 3.05) is 6.61 Å². The first kappa shape index (κ1) is 16.1. The SMILES string of the molecule is CC(COc1cccc(Br)c1)(C(F)(F)F)C(F)(F)F. The molecule has 0 aliphatic rings. The van der Waals surface area contributed by atoms with E-state index in [-0.39, 0.29) is 12.7 Å². The third kappa shape index (κ3) is 3.55. The molecule has 0 unspecified atom stereocenters. The summed E-state index contributed by atoms with van der Waals surface area (Å²) in [4.78, 5) is 0. The van der Waals surface area contributed by atoms with Gasteiger partial charge in [-0.2, -0.15) is 26.3 Å². The lowest BCUT2D eigenvalue weighted by Gasteiger charge is -2.33. The van der Waals surface area contributed by atoms with Crippen molar-refractivity contribution >= 4 is 15.9 Å². The number of rotatable bonds is 3. The molecule has 0 aromatic heterocycles. The Hall–Kier alpha value is -0.920. The largest absolute Gasteiger partial charge is 0.492 e. The maximum atomic E-state index is 12.6. The molecule has 1 nitrogen and oxygen atoms in total. The summed E-state index contributed by atoms with van der Waals surface area (Å²) in [6, 6.07) is 5.57. The third-order valence-electron chi connectivity index (χ3n) is 2.57. The minimum atomic E-state index is -5.45. The Morgan fingerprint density at radius 1 is 1.05 bits per heavy atom. The van der Waals surface area contributed by atoms with Gasteiger partial charge in [-0.1, -0.05) is 22.0 Å². The standard InChI is InChI=1S/C11H9BrF6O/c1-9(10(13,14)15,11(16,17)18)6-19-8-4-2-3-7(12)5-8/h2-5H,6H2,1H3. The molecule has 0 saturated carbocycles. The van der Waals surface area contributed by atoms with Crippen molar-refractivity contribution in [1.29, 1.82) is 0 Å². The summed E-state index contributed by atoms with van der Waals surface area (Å²) >= 11 is 3.04. The van der Waals surface area contributed by atoms with Crippen LogP contribution in [0.4, 0.5) is 26.3 Å². The Labute approximate surface area is 113 Å². The molecule has 0 fully saturated rings.